The van der Waals surface area contributed by atoms with Crippen LogP contribution in [0.4, 0.5) is 4.79 Å². The molecule has 1 atom stereocenters. The number of methoxy groups -OCH3 is 1. The van der Waals surface area contributed by atoms with Crippen molar-refractivity contribution in [3.05, 3.63) is 0 Å². The molecule has 92 valence electrons. The number of nitrogens with zero attached hydrogens (tertiary/aromatic N) is 1. The van der Waals surface area contributed by atoms with Crippen molar-refractivity contribution in [1.29, 1.82) is 0 Å². The van der Waals surface area contributed by atoms with E-state index in [2.05, 4.69) is 10.1 Å². The van der Waals surface area contributed by atoms with E-state index in [0.29, 0.717) is 0 Å². The van der Waals surface area contributed by atoms with Gasteiger partial charge in [0.2, 0.25) is 0 Å². The summed E-state index contributed by atoms with van der Waals surface area (Å²) in [5.41, 5.74) is 0. The number of hydrogen-bond acceptors (Lipinski definition) is 4. The molecule has 0 aromatic carbocycles. The Morgan fingerprint density at radius 2 is 2.00 bits per heavy atom. The normalized spacial score (nSPS) is 11.4. The van der Waals surface area contributed by atoms with Gasteiger partial charge in [0.25, 0.3) is 0 Å². The summed E-state index contributed by atoms with van der Waals surface area (Å²) >= 11 is 0. The molecule has 0 aliphatic carbocycles. The molecule has 0 aliphatic rings. The third-order valence-electron chi connectivity index (χ3n) is 1.89. The number of amides is 2. The average Bonchev–Trinajstić information content (AvgIpc) is 2.23. The minimum atomic E-state index is -1.11. The molecule has 1 unspecified atom stereocenters. The van der Waals surface area contributed by atoms with Crippen LogP contribution >= 0.6 is 0 Å². The number of carbonyl (C=O) groups excluding carboxylic acids is 2. The number of nitrogens with one attached hydrogen (secondary N) is 1. The summed E-state index contributed by atoms with van der Waals surface area (Å²) in [6, 6.07) is -1.41. The van der Waals surface area contributed by atoms with Crippen molar-refractivity contribution < 1.29 is 24.2 Å². The zero-order valence-electron chi connectivity index (χ0n) is 9.52. The van der Waals surface area contributed by atoms with Crippen LogP contribution in [0, 0.1) is 0 Å². The number of likely N-dealkylation sites (N-methyl/N-ethyl adjacent to an activating group) is 1. The van der Waals surface area contributed by atoms with Gasteiger partial charge in [0, 0.05) is 6.54 Å². The molecule has 16 heavy (non-hydrogen) atoms. The molecule has 0 bridgehead atoms. The second kappa shape index (κ2) is 6.65. The lowest BCUT2D eigenvalue weighted by molar-refractivity contribution is -0.142. The fourth-order valence-electron chi connectivity index (χ4n) is 1.00. The maximum atomic E-state index is 11.5. The summed E-state index contributed by atoms with van der Waals surface area (Å²) < 4.78 is 4.42. The van der Waals surface area contributed by atoms with Crippen LogP contribution in [0.2, 0.25) is 0 Å². The third kappa shape index (κ3) is 4.63. The molecule has 0 rings (SSSR count). The van der Waals surface area contributed by atoms with Gasteiger partial charge in [-0.05, 0) is 13.8 Å². The van der Waals surface area contributed by atoms with Crippen LogP contribution in [0.1, 0.15) is 13.8 Å². The Kier molecular flexibility index (Phi) is 5.91. The molecule has 2 N–H and O–H groups in total. The van der Waals surface area contributed by atoms with Crippen molar-refractivity contribution in [3.8, 4) is 0 Å². The van der Waals surface area contributed by atoms with E-state index in [4.69, 9.17) is 5.11 Å². The number of carbonyl (C=O) groups is 3. The molecule has 0 spiro atoms. The first-order chi connectivity index (χ1) is 7.42. The van der Waals surface area contributed by atoms with Crippen molar-refractivity contribution >= 4 is 18.0 Å². The molecule has 0 fully saturated rings. The minimum Gasteiger partial charge on any atom is -0.480 e. The quantitative estimate of drug-likeness (QED) is 0.632. The molecule has 7 nitrogen and oxygen atoms in total. The van der Waals surface area contributed by atoms with E-state index < -0.39 is 30.6 Å². The number of rotatable bonds is 5. The Balaban J connectivity index is 4.31. The van der Waals surface area contributed by atoms with Gasteiger partial charge in [-0.15, -0.1) is 0 Å². The van der Waals surface area contributed by atoms with E-state index >= 15 is 0 Å². The minimum absolute atomic E-state index is 0.242. The predicted molar refractivity (Wildman–Crippen MR) is 54.9 cm³/mol. The standard InChI is InChI=1S/C9H16N2O5/c1-4-11(5-7(12)13)9(15)10-6(2)8(14)16-3/h6H,4-5H2,1-3H3,(H,10,15)(H,12,13). The lowest BCUT2D eigenvalue weighted by atomic mass is 10.3. The first-order valence-corrected chi connectivity index (χ1v) is 4.77. The second-order valence-electron chi connectivity index (χ2n) is 3.10. The Hall–Kier alpha value is -1.79. The van der Waals surface area contributed by atoms with E-state index in [1.54, 1.807) is 6.92 Å². The van der Waals surface area contributed by atoms with E-state index in [1.807, 2.05) is 0 Å². The number of urea groups is 1. The summed E-state index contributed by atoms with van der Waals surface area (Å²) in [7, 11) is 1.21. The van der Waals surface area contributed by atoms with E-state index in [0.717, 1.165) is 4.90 Å². The van der Waals surface area contributed by atoms with Crippen LogP contribution in [0.3, 0.4) is 0 Å². The first kappa shape index (κ1) is 14.2. The highest BCUT2D eigenvalue weighted by Crippen LogP contribution is 1.93. The van der Waals surface area contributed by atoms with Crippen LogP contribution in [-0.2, 0) is 14.3 Å². The van der Waals surface area contributed by atoms with Crippen LogP contribution in [0.15, 0.2) is 0 Å². The van der Waals surface area contributed by atoms with Gasteiger partial charge in [-0.2, -0.15) is 0 Å². The number of carboxylic acid groups (broad SMARTS) is 1. The highest BCUT2D eigenvalue weighted by Gasteiger charge is 2.20. The molecule has 0 radical (unpaired) electrons. The summed E-state index contributed by atoms with van der Waals surface area (Å²) in [6.07, 6.45) is 0. The zero-order valence-corrected chi connectivity index (χ0v) is 9.52. The van der Waals surface area contributed by atoms with Crippen molar-refractivity contribution in [2.24, 2.45) is 0 Å². The van der Waals surface area contributed by atoms with Gasteiger partial charge < -0.3 is 20.1 Å². The van der Waals surface area contributed by atoms with Crippen LogP contribution in [0.25, 0.3) is 0 Å². The van der Waals surface area contributed by atoms with Crippen LogP contribution in [0.5, 0.6) is 0 Å². The molecule has 0 saturated carbocycles. The van der Waals surface area contributed by atoms with Gasteiger partial charge in [0.05, 0.1) is 7.11 Å². The van der Waals surface area contributed by atoms with E-state index in [9.17, 15) is 14.4 Å². The Morgan fingerprint density at radius 3 is 2.38 bits per heavy atom. The monoisotopic (exact) mass is 232 g/mol. The molecule has 0 aromatic rings. The number of esters is 1. The molecular formula is C9H16N2O5. The van der Waals surface area contributed by atoms with Crippen molar-refractivity contribution in [2.45, 2.75) is 19.9 Å². The van der Waals surface area contributed by atoms with Gasteiger partial charge in [-0.1, -0.05) is 0 Å². The fourth-order valence-corrected chi connectivity index (χ4v) is 1.00. The lowest BCUT2D eigenvalue weighted by Crippen LogP contribution is -2.48. The van der Waals surface area contributed by atoms with Gasteiger partial charge in [-0.3, -0.25) is 4.79 Å². The predicted octanol–water partition coefficient (Wildman–Crippen LogP) is -0.336. The molecule has 0 heterocycles. The Bertz CT molecular complexity index is 279. The molecule has 0 saturated heterocycles. The van der Waals surface area contributed by atoms with Gasteiger partial charge >= 0.3 is 18.0 Å². The second-order valence-corrected chi connectivity index (χ2v) is 3.10. The van der Waals surface area contributed by atoms with Gasteiger partial charge in [0.1, 0.15) is 12.6 Å². The number of carboxylic acids is 1. The topological polar surface area (TPSA) is 95.9 Å². The van der Waals surface area contributed by atoms with E-state index in [-0.39, 0.29) is 6.54 Å². The summed E-state index contributed by atoms with van der Waals surface area (Å²) in [4.78, 5) is 34.0. The smallest absolute Gasteiger partial charge is 0.328 e. The highest BCUT2D eigenvalue weighted by atomic mass is 16.5. The summed E-state index contributed by atoms with van der Waals surface area (Å²) in [5.74, 6) is -1.69. The van der Waals surface area contributed by atoms with Crippen molar-refractivity contribution in [2.75, 3.05) is 20.2 Å². The number of aliphatic carboxylic acids is 1. The summed E-state index contributed by atoms with van der Waals surface area (Å²) in [6.45, 7) is 2.94. The maximum Gasteiger partial charge on any atom is 0.328 e. The largest absolute Gasteiger partial charge is 0.480 e. The van der Waals surface area contributed by atoms with Crippen LogP contribution in [-0.4, -0.2) is 54.2 Å². The average molecular weight is 232 g/mol. The Labute approximate surface area is 93.4 Å². The maximum absolute atomic E-state index is 11.5. The number of hydrogen-bond donors (Lipinski definition) is 2. The molecule has 0 aliphatic heterocycles. The zero-order chi connectivity index (χ0) is 12.7. The van der Waals surface area contributed by atoms with Crippen LogP contribution < -0.4 is 5.32 Å². The van der Waals surface area contributed by atoms with E-state index in [1.165, 1.54) is 14.0 Å². The third-order valence-corrected chi connectivity index (χ3v) is 1.89. The fraction of sp³-hybridized carbons (Fsp3) is 0.667. The first-order valence-electron chi connectivity index (χ1n) is 4.77. The van der Waals surface area contributed by atoms with Crippen molar-refractivity contribution in [3.63, 3.8) is 0 Å². The number of ether oxygens (including phenoxy) is 1. The highest BCUT2D eigenvalue weighted by molar-refractivity contribution is 5.85. The summed E-state index contributed by atoms with van der Waals surface area (Å²) in [5, 5.41) is 10.9. The van der Waals surface area contributed by atoms with Crippen molar-refractivity contribution in [1.82, 2.24) is 10.2 Å². The van der Waals surface area contributed by atoms with Gasteiger partial charge in [0.15, 0.2) is 0 Å². The lowest BCUT2D eigenvalue weighted by Gasteiger charge is -2.21. The molecule has 0 aromatic heterocycles. The molecule has 7 heteroatoms. The Morgan fingerprint density at radius 1 is 1.44 bits per heavy atom. The molecular weight excluding hydrogens is 216 g/mol. The SMILES string of the molecule is CCN(CC(=O)O)C(=O)NC(C)C(=O)OC. The van der Waals surface area contributed by atoms with Gasteiger partial charge in [-0.25, -0.2) is 9.59 Å². The molecule has 2 amide bonds.